The number of nitrogens with one attached hydrogen (secondary N) is 1. The molecule has 4 rings (SSSR count). The summed E-state index contributed by atoms with van der Waals surface area (Å²) in [6, 6.07) is 9.75. The lowest BCUT2D eigenvalue weighted by molar-refractivity contribution is 1.06. The van der Waals surface area contributed by atoms with Crippen LogP contribution in [-0.4, -0.2) is 9.97 Å². The van der Waals surface area contributed by atoms with Gasteiger partial charge in [0.05, 0.1) is 11.4 Å². The second kappa shape index (κ2) is 3.79. The van der Waals surface area contributed by atoms with Gasteiger partial charge in [0.1, 0.15) is 0 Å². The van der Waals surface area contributed by atoms with Crippen molar-refractivity contribution in [2.45, 2.75) is 20.3 Å². The number of pyridine rings is 2. The van der Waals surface area contributed by atoms with Crippen molar-refractivity contribution in [3.63, 3.8) is 0 Å². The highest BCUT2D eigenvalue weighted by atomic mass is 16.1. The number of para-hydroxylation sites is 1. The molecule has 3 nitrogen and oxygen atoms in total. The first-order valence-corrected chi connectivity index (χ1v) is 6.76. The molecule has 2 aromatic heterocycles. The topological polar surface area (TPSA) is 45.8 Å². The Morgan fingerprint density at radius 3 is 2.85 bits per heavy atom. The predicted molar refractivity (Wildman–Crippen MR) is 80.1 cm³/mol. The third kappa shape index (κ3) is 1.40. The van der Waals surface area contributed by atoms with Crippen LogP contribution < -0.4 is 5.43 Å². The van der Waals surface area contributed by atoms with Crippen LogP contribution in [-0.2, 0) is 6.42 Å². The van der Waals surface area contributed by atoms with Crippen molar-refractivity contribution in [3.05, 3.63) is 63.1 Å². The molecule has 0 saturated heterocycles. The second-order valence-corrected chi connectivity index (χ2v) is 5.43. The van der Waals surface area contributed by atoms with Crippen molar-refractivity contribution < 1.29 is 0 Å². The van der Waals surface area contributed by atoms with Crippen molar-refractivity contribution in [3.8, 4) is 11.3 Å². The van der Waals surface area contributed by atoms with Gasteiger partial charge in [-0.25, -0.2) is 0 Å². The minimum Gasteiger partial charge on any atom is -0.354 e. The lowest BCUT2D eigenvalue weighted by atomic mass is 10.1. The van der Waals surface area contributed by atoms with Gasteiger partial charge in [0, 0.05) is 34.1 Å². The Bertz CT molecular complexity index is 922. The minimum atomic E-state index is 0.129. The van der Waals surface area contributed by atoms with Crippen LogP contribution >= 0.6 is 0 Å². The average Bonchev–Trinajstić information content (AvgIpc) is 2.78. The molecular weight excluding hydrogens is 248 g/mol. The number of hydrogen-bond donors (Lipinski definition) is 1. The molecule has 98 valence electrons. The fraction of sp³-hybridized carbons (Fsp3) is 0.176. The maximum Gasteiger partial charge on any atom is 0.193 e. The van der Waals surface area contributed by atoms with E-state index in [2.05, 4.69) is 23.0 Å². The highest BCUT2D eigenvalue weighted by Crippen LogP contribution is 2.36. The maximum absolute atomic E-state index is 12.6. The molecule has 1 aliphatic carbocycles. The van der Waals surface area contributed by atoms with E-state index in [9.17, 15) is 4.79 Å². The SMILES string of the molecule is Cc1cc(C)c2c(n1)Cc1c-2[nH]c2ccccc2c1=O. The van der Waals surface area contributed by atoms with E-state index in [0.29, 0.717) is 6.42 Å². The minimum absolute atomic E-state index is 0.129. The smallest absolute Gasteiger partial charge is 0.193 e. The Balaban J connectivity index is 2.14. The molecule has 0 unspecified atom stereocenters. The number of fused-ring (bicyclic) bond motifs is 4. The van der Waals surface area contributed by atoms with Gasteiger partial charge in [-0.15, -0.1) is 0 Å². The fourth-order valence-corrected chi connectivity index (χ4v) is 3.21. The highest BCUT2D eigenvalue weighted by Gasteiger charge is 2.25. The van der Waals surface area contributed by atoms with Crippen molar-refractivity contribution >= 4 is 10.9 Å². The highest BCUT2D eigenvalue weighted by molar-refractivity contribution is 5.86. The quantitative estimate of drug-likeness (QED) is 0.529. The number of aromatic nitrogens is 2. The van der Waals surface area contributed by atoms with Crippen molar-refractivity contribution in [2.24, 2.45) is 0 Å². The van der Waals surface area contributed by atoms with E-state index in [0.717, 1.165) is 39.1 Å². The zero-order valence-corrected chi connectivity index (χ0v) is 11.4. The van der Waals surface area contributed by atoms with Crippen LogP contribution in [0.2, 0.25) is 0 Å². The summed E-state index contributed by atoms with van der Waals surface area (Å²) in [5, 5.41) is 0.758. The van der Waals surface area contributed by atoms with Gasteiger partial charge in [0.15, 0.2) is 5.43 Å². The summed E-state index contributed by atoms with van der Waals surface area (Å²) >= 11 is 0. The molecule has 0 atom stereocenters. The van der Waals surface area contributed by atoms with Crippen LogP contribution in [0.5, 0.6) is 0 Å². The van der Waals surface area contributed by atoms with Crippen molar-refractivity contribution in [1.29, 1.82) is 0 Å². The molecule has 2 heterocycles. The summed E-state index contributed by atoms with van der Waals surface area (Å²) in [7, 11) is 0. The number of aromatic amines is 1. The van der Waals surface area contributed by atoms with E-state index in [1.165, 1.54) is 5.56 Å². The van der Waals surface area contributed by atoms with E-state index in [-0.39, 0.29) is 5.43 Å². The van der Waals surface area contributed by atoms with E-state index >= 15 is 0 Å². The predicted octanol–water partition coefficient (Wildman–Crippen LogP) is 3.11. The molecule has 0 amide bonds. The molecule has 1 N–H and O–H groups in total. The third-order valence-electron chi connectivity index (χ3n) is 4.02. The Hall–Kier alpha value is -2.42. The van der Waals surface area contributed by atoms with Crippen molar-refractivity contribution in [2.75, 3.05) is 0 Å². The van der Waals surface area contributed by atoms with Crippen LogP contribution in [0.4, 0.5) is 0 Å². The summed E-state index contributed by atoms with van der Waals surface area (Å²) in [5.74, 6) is 0. The number of hydrogen-bond acceptors (Lipinski definition) is 2. The summed E-state index contributed by atoms with van der Waals surface area (Å²) in [5.41, 5.74) is 7.12. The molecule has 1 aliphatic rings. The third-order valence-corrected chi connectivity index (χ3v) is 4.02. The van der Waals surface area contributed by atoms with E-state index in [4.69, 9.17) is 0 Å². The fourth-order valence-electron chi connectivity index (χ4n) is 3.21. The summed E-state index contributed by atoms with van der Waals surface area (Å²) < 4.78 is 0. The second-order valence-electron chi connectivity index (χ2n) is 5.43. The lowest BCUT2D eigenvalue weighted by Crippen LogP contribution is -2.09. The van der Waals surface area contributed by atoms with Gasteiger partial charge < -0.3 is 4.98 Å². The van der Waals surface area contributed by atoms with Crippen molar-refractivity contribution in [1.82, 2.24) is 9.97 Å². The zero-order valence-electron chi connectivity index (χ0n) is 11.4. The van der Waals surface area contributed by atoms with Gasteiger partial charge in [0.2, 0.25) is 0 Å². The van der Waals surface area contributed by atoms with Gasteiger partial charge in [-0.1, -0.05) is 12.1 Å². The normalized spacial score (nSPS) is 12.5. The summed E-state index contributed by atoms with van der Waals surface area (Å²) in [4.78, 5) is 20.7. The van der Waals surface area contributed by atoms with E-state index in [1.54, 1.807) is 0 Å². The molecule has 0 saturated carbocycles. The number of nitrogens with zero attached hydrogens (tertiary/aromatic N) is 1. The molecule has 0 fully saturated rings. The Kier molecular flexibility index (Phi) is 2.16. The first kappa shape index (κ1) is 11.4. The number of benzene rings is 1. The standard InChI is InChI=1S/C17H14N2O/c1-9-7-10(2)18-14-8-12-16(15(9)14)19-13-6-4-3-5-11(13)17(12)20/h3-7H,8H2,1-2H3,(H,19,20). The van der Waals surface area contributed by atoms with E-state index in [1.807, 2.05) is 31.2 Å². The molecule has 0 spiro atoms. The first-order valence-electron chi connectivity index (χ1n) is 6.76. The average molecular weight is 262 g/mol. The monoisotopic (exact) mass is 262 g/mol. The van der Waals surface area contributed by atoms with Crippen LogP contribution in [0.25, 0.3) is 22.2 Å². The van der Waals surface area contributed by atoms with Gasteiger partial charge in [-0.2, -0.15) is 0 Å². The molecule has 0 radical (unpaired) electrons. The number of aryl methyl sites for hydroxylation is 2. The Morgan fingerprint density at radius 1 is 1.20 bits per heavy atom. The van der Waals surface area contributed by atoms with Crippen LogP contribution in [0.3, 0.4) is 0 Å². The molecule has 0 aliphatic heterocycles. The Labute approximate surface area is 116 Å². The summed E-state index contributed by atoms with van der Waals surface area (Å²) in [6.45, 7) is 4.07. The first-order chi connectivity index (χ1) is 9.65. The number of rotatable bonds is 0. The van der Waals surface area contributed by atoms with Crippen LogP contribution in [0.1, 0.15) is 22.5 Å². The molecule has 3 heteroatoms. The van der Waals surface area contributed by atoms with Gasteiger partial charge in [-0.3, -0.25) is 9.78 Å². The molecular formula is C17H14N2O. The maximum atomic E-state index is 12.6. The largest absolute Gasteiger partial charge is 0.354 e. The molecule has 3 aromatic rings. The molecule has 20 heavy (non-hydrogen) atoms. The van der Waals surface area contributed by atoms with Crippen LogP contribution in [0, 0.1) is 13.8 Å². The summed E-state index contributed by atoms with van der Waals surface area (Å²) in [6.07, 6.45) is 0.632. The van der Waals surface area contributed by atoms with Gasteiger partial charge in [0.25, 0.3) is 0 Å². The Morgan fingerprint density at radius 2 is 2.00 bits per heavy atom. The number of H-pyrrole nitrogens is 1. The molecule has 0 bridgehead atoms. The van der Waals surface area contributed by atoms with Crippen LogP contribution in [0.15, 0.2) is 35.1 Å². The van der Waals surface area contributed by atoms with Gasteiger partial charge >= 0.3 is 0 Å². The molecule has 1 aromatic carbocycles. The zero-order chi connectivity index (χ0) is 13.9. The lowest BCUT2D eigenvalue weighted by Gasteiger charge is -2.07. The van der Waals surface area contributed by atoms with Gasteiger partial charge in [-0.05, 0) is 37.6 Å². The van der Waals surface area contributed by atoms with E-state index < -0.39 is 0 Å².